The summed E-state index contributed by atoms with van der Waals surface area (Å²) in [6, 6.07) is 1.79. The zero-order valence-electron chi connectivity index (χ0n) is 14.9. The fourth-order valence-corrected chi connectivity index (χ4v) is 4.09. The molecule has 7 nitrogen and oxygen atoms in total. The lowest BCUT2D eigenvalue weighted by molar-refractivity contribution is -0.0157. The smallest absolute Gasteiger partial charge is 0.322 e. The second-order valence-corrected chi connectivity index (χ2v) is 7.42. The summed E-state index contributed by atoms with van der Waals surface area (Å²) >= 11 is 1.59. The molecule has 4 heterocycles. The van der Waals surface area contributed by atoms with E-state index in [1.807, 2.05) is 23.8 Å². The summed E-state index contributed by atoms with van der Waals surface area (Å²) in [6.07, 6.45) is 3.93. The van der Waals surface area contributed by atoms with E-state index in [2.05, 4.69) is 15.2 Å². The molecule has 0 aromatic carbocycles. The van der Waals surface area contributed by atoms with Crippen LogP contribution < -0.4 is 10.2 Å². The fourth-order valence-electron chi connectivity index (χ4n) is 3.31. The molecule has 0 aliphatic carbocycles. The molecule has 2 aliphatic heterocycles. The Morgan fingerprint density at radius 2 is 2.15 bits per heavy atom. The highest BCUT2D eigenvalue weighted by Crippen LogP contribution is 2.25. The number of ether oxygens (including phenoxy) is 1. The highest BCUT2D eigenvalue weighted by atomic mass is 32.1. The number of aryl methyl sites for hydroxylation is 1. The fraction of sp³-hybridized carbons (Fsp3) is 0.500. The van der Waals surface area contributed by atoms with Gasteiger partial charge in [0.2, 0.25) is 5.95 Å². The molecule has 1 N–H and O–H groups in total. The van der Waals surface area contributed by atoms with Crippen molar-refractivity contribution in [3.8, 4) is 0 Å². The number of nitrogens with zero attached hydrogens (tertiary/aromatic N) is 4. The summed E-state index contributed by atoms with van der Waals surface area (Å²) in [5.41, 5.74) is 2.80. The van der Waals surface area contributed by atoms with E-state index in [1.165, 1.54) is 12.8 Å². The van der Waals surface area contributed by atoms with Crippen molar-refractivity contribution in [2.45, 2.75) is 25.9 Å². The number of anilines is 2. The summed E-state index contributed by atoms with van der Waals surface area (Å²) in [6.45, 7) is 5.58. The summed E-state index contributed by atoms with van der Waals surface area (Å²) in [5, 5.41) is 6.97. The standard InChI is InChI=1S/C18H23N5O2S/c1-13-11-26-12-15(13)21-18(24)23-8-9-25-16(10-23)14-4-5-19-17(20-14)22-6-2-3-7-22/h4-5,11-12,16H,2-3,6-10H2,1H3,(H,21,24)/t16-/m0/s1. The number of rotatable bonds is 3. The third-order valence-electron chi connectivity index (χ3n) is 4.83. The first-order valence-corrected chi connectivity index (χ1v) is 9.93. The first kappa shape index (κ1) is 17.2. The molecule has 8 heteroatoms. The van der Waals surface area contributed by atoms with Crippen LogP contribution in [0.1, 0.15) is 30.2 Å². The van der Waals surface area contributed by atoms with Crippen LogP contribution in [0.25, 0.3) is 0 Å². The molecule has 0 bridgehead atoms. The number of aromatic nitrogens is 2. The molecular formula is C18H23N5O2S. The summed E-state index contributed by atoms with van der Waals surface area (Å²) < 4.78 is 5.89. The Morgan fingerprint density at radius 1 is 1.31 bits per heavy atom. The van der Waals surface area contributed by atoms with Crippen LogP contribution in [0.15, 0.2) is 23.0 Å². The zero-order valence-corrected chi connectivity index (χ0v) is 15.7. The van der Waals surface area contributed by atoms with Crippen LogP contribution in [0.5, 0.6) is 0 Å². The number of amides is 2. The molecule has 138 valence electrons. The molecule has 26 heavy (non-hydrogen) atoms. The molecule has 0 spiro atoms. The number of urea groups is 1. The lowest BCUT2D eigenvalue weighted by Crippen LogP contribution is -2.44. The van der Waals surface area contributed by atoms with Gasteiger partial charge in [-0.15, -0.1) is 11.3 Å². The maximum atomic E-state index is 12.6. The SMILES string of the molecule is Cc1cscc1NC(=O)N1CCO[C@H](c2ccnc(N3CCCC3)n2)C1. The van der Waals surface area contributed by atoms with Crippen molar-refractivity contribution in [3.63, 3.8) is 0 Å². The Morgan fingerprint density at radius 3 is 2.92 bits per heavy atom. The number of morpholine rings is 1. The number of carbonyl (C=O) groups excluding carboxylic acids is 1. The quantitative estimate of drug-likeness (QED) is 0.895. The van der Waals surface area contributed by atoms with Crippen molar-refractivity contribution in [3.05, 3.63) is 34.3 Å². The van der Waals surface area contributed by atoms with E-state index >= 15 is 0 Å². The Balaban J connectivity index is 1.44. The third-order valence-corrected chi connectivity index (χ3v) is 5.70. The Hall–Kier alpha value is -2.19. The molecular weight excluding hydrogens is 350 g/mol. The van der Waals surface area contributed by atoms with E-state index < -0.39 is 0 Å². The topological polar surface area (TPSA) is 70.6 Å². The van der Waals surface area contributed by atoms with Crippen LogP contribution in [0.3, 0.4) is 0 Å². The van der Waals surface area contributed by atoms with E-state index in [-0.39, 0.29) is 12.1 Å². The van der Waals surface area contributed by atoms with Crippen molar-refractivity contribution in [1.29, 1.82) is 0 Å². The first-order valence-electron chi connectivity index (χ1n) is 8.99. The second kappa shape index (κ2) is 7.59. The average Bonchev–Trinajstić information content (AvgIpc) is 3.35. The molecule has 2 fully saturated rings. The molecule has 2 saturated heterocycles. The van der Waals surface area contributed by atoms with Crippen molar-refractivity contribution in [2.75, 3.05) is 43.0 Å². The van der Waals surface area contributed by atoms with E-state index in [1.54, 1.807) is 22.4 Å². The Labute approximate surface area is 157 Å². The molecule has 2 aliphatic rings. The van der Waals surface area contributed by atoms with Gasteiger partial charge in [0, 0.05) is 31.2 Å². The molecule has 2 aromatic heterocycles. The second-order valence-electron chi connectivity index (χ2n) is 6.68. The van der Waals surface area contributed by atoms with Crippen LogP contribution in [0, 0.1) is 6.92 Å². The lowest BCUT2D eigenvalue weighted by atomic mass is 10.2. The maximum absolute atomic E-state index is 12.6. The zero-order chi connectivity index (χ0) is 17.9. The minimum atomic E-state index is -0.220. The maximum Gasteiger partial charge on any atom is 0.322 e. The van der Waals surface area contributed by atoms with Crippen LogP contribution in [0.4, 0.5) is 16.4 Å². The van der Waals surface area contributed by atoms with E-state index in [9.17, 15) is 4.79 Å². The average molecular weight is 373 g/mol. The number of hydrogen-bond acceptors (Lipinski definition) is 6. The van der Waals surface area contributed by atoms with Crippen molar-refractivity contribution < 1.29 is 9.53 Å². The minimum Gasteiger partial charge on any atom is -0.368 e. The van der Waals surface area contributed by atoms with Crippen molar-refractivity contribution in [2.24, 2.45) is 0 Å². The highest BCUT2D eigenvalue weighted by molar-refractivity contribution is 7.08. The van der Waals surface area contributed by atoms with Gasteiger partial charge in [0.05, 0.1) is 24.5 Å². The first-order chi connectivity index (χ1) is 12.7. The largest absolute Gasteiger partial charge is 0.368 e. The van der Waals surface area contributed by atoms with Crippen LogP contribution >= 0.6 is 11.3 Å². The van der Waals surface area contributed by atoms with Gasteiger partial charge in [0.15, 0.2) is 0 Å². The number of thiophene rings is 1. The van der Waals surface area contributed by atoms with E-state index in [0.717, 1.165) is 36.0 Å². The van der Waals surface area contributed by atoms with Crippen molar-refractivity contribution >= 4 is 29.0 Å². The Bertz CT molecular complexity index is 774. The van der Waals surface area contributed by atoms with Crippen LogP contribution in [0.2, 0.25) is 0 Å². The van der Waals surface area contributed by atoms with E-state index in [0.29, 0.717) is 19.7 Å². The summed E-state index contributed by atoms with van der Waals surface area (Å²) in [4.78, 5) is 25.7. The number of hydrogen-bond donors (Lipinski definition) is 1. The molecule has 2 amide bonds. The van der Waals surface area contributed by atoms with Crippen molar-refractivity contribution in [1.82, 2.24) is 14.9 Å². The summed E-state index contributed by atoms with van der Waals surface area (Å²) in [5.74, 6) is 0.763. The van der Waals surface area contributed by atoms with Gasteiger partial charge in [0.25, 0.3) is 0 Å². The molecule has 4 rings (SSSR count). The Kier molecular flexibility index (Phi) is 5.03. The predicted octanol–water partition coefficient (Wildman–Crippen LogP) is 3.05. The molecule has 0 radical (unpaired) electrons. The summed E-state index contributed by atoms with van der Waals surface area (Å²) in [7, 11) is 0. The third kappa shape index (κ3) is 3.66. The van der Waals surface area contributed by atoms with Gasteiger partial charge < -0.3 is 19.9 Å². The molecule has 1 atom stereocenters. The van der Waals surface area contributed by atoms with Crippen LogP contribution in [-0.2, 0) is 4.74 Å². The molecule has 0 saturated carbocycles. The van der Waals surface area contributed by atoms with Gasteiger partial charge in [0.1, 0.15) is 6.10 Å². The normalized spacial score (nSPS) is 20.4. The van der Waals surface area contributed by atoms with Gasteiger partial charge >= 0.3 is 6.03 Å². The van der Waals surface area contributed by atoms with Gasteiger partial charge in [-0.3, -0.25) is 0 Å². The molecule has 2 aromatic rings. The minimum absolute atomic E-state index is 0.0892. The van der Waals surface area contributed by atoms with Gasteiger partial charge in [-0.1, -0.05) is 0 Å². The predicted molar refractivity (Wildman–Crippen MR) is 102 cm³/mol. The lowest BCUT2D eigenvalue weighted by Gasteiger charge is -2.32. The number of nitrogens with one attached hydrogen (secondary N) is 1. The highest BCUT2D eigenvalue weighted by Gasteiger charge is 2.27. The van der Waals surface area contributed by atoms with Gasteiger partial charge in [-0.25, -0.2) is 14.8 Å². The monoisotopic (exact) mass is 373 g/mol. The van der Waals surface area contributed by atoms with Crippen LogP contribution in [-0.4, -0.2) is 53.7 Å². The molecule has 0 unspecified atom stereocenters. The van der Waals surface area contributed by atoms with Gasteiger partial charge in [-0.2, -0.15) is 0 Å². The van der Waals surface area contributed by atoms with Gasteiger partial charge in [-0.05, 0) is 36.8 Å². The van der Waals surface area contributed by atoms with E-state index in [4.69, 9.17) is 9.72 Å². The number of carbonyl (C=O) groups is 1.